The third-order valence-electron chi connectivity index (χ3n) is 9.55. The molecule has 0 radical (unpaired) electrons. The number of carboxylic acids is 1. The lowest BCUT2D eigenvalue weighted by atomic mass is 9.77. The normalized spacial score (nSPS) is 16.2. The topological polar surface area (TPSA) is 126 Å². The first-order valence-electron chi connectivity index (χ1n) is 17.0. The number of rotatable bonds is 11. The molecule has 10 nitrogen and oxygen atoms in total. The summed E-state index contributed by atoms with van der Waals surface area (Å²) in [6.07, 6.45) is 0. The average molecular weight is 693 g/mol. The van der Waals surface area contributed by atoms with Crippen molar-refractivity contribution in [3.05, 3.63) is 168 Å². The number of carbonyl (C=O) groups is 1. The number of carboxylic acid groups (broad SMARTS) is 1. The molecule has 3 N–H and O–H groups in total. The Morgan fingerprint density at radius 3 is 1.75 bits per heavy atom. The van der Waals surface area contributed by atoms with Crippen molar-refractivity contribution in [2.24, 2.45) is 0 Å². The van der Waals surface area contributed by atoms with Crippen LogP contribution in [0.1, 0.15) is 37.5 Å². The lowest BCUT2D eigenvalue weighted by Gasteiger charge is -2.37. The number of hydrogen-bond acceptors (Lipinski definition) is 8. The summed E-state index contributed by atoms with van der Waals surface area (Å²) in [6.45, 7) is 5.12. The summed E-state index contributed by atoms with van der Waals surface area (Å²) < 4.78 is 7.44. The van der Waals surface area contributed by atoms with E-state index < -0.39 is 22.8 Å². The van der Waals surface area contributed by atoms with E-state index in [0.717, 1.165) is 33.4 Å². The molecule has 1 aromatic heterocycles. The third kappa shape index (κ3) is 5.81. The van der Waals surface area contributed by atoms with Crippen molar-refractivity contribution < 1.29 is 19.7 Å². The van der Waals surface area contributed by atoms with Crippen LogP contribution in [0, 0.1) is 0 Å². The van der Waals surface area contributed by atoms with E-state index in [4.69, 9.17) is 9.95 Å². The van der Waals surface area contributed by atoms with Crippen LogP contribution < -0.4 is 10.2 Å². The minimum absolute atomic E-state index is 0.0431. The third-order valence-corrected chi connectivity index (χ3v) is 9.55. The molecule has 2 heterocycles. The molecular formula is C42H40N6O4. The first-order chi connectivity index (χ1) is 25.1. The lowest BCUT2D eigenvalue weighted by Crippen LogP contribution is -2.55. The van der Waals surface area contributed by atoms with Crippen LogP contribution in [0.4, 0.5) is 5.69 Å². The minimum Gasteiger partial charge on any atom is -0.477 e. The summed E-state index contributed by atoms with van der Waals surface area (Å²) in [5.74, 6) is -0.594. The molecule has 7 rings (SSSR count). The average Bonchev–Trinajstić information content (AvgIpc) is 3.77. The van der Waals surface area contributed by atoms with Crippen molar-refractivity contribution in [1.82, 2.24) is 25.5 Å². The van der Waals surface area contributed by atoms with Crippen LogP contribution in [-0.2, 0) is 15.1 Å². The van der Waals surface area contributed by atoms with Crippen molar-refractivity contribution in [1.29, 1.82) is 0 Å². The monoisotopic (exact) mass is 692 g/mol. The van der Waals surface area contributed by atoms with Gasteiger partial charge in [-0.1, -0.05) is 127 Å². The highest BCUT2D eigenvalue weighted by Gasteiger charge is 2.48. The van der Waals surface area contributed by atoms with Gasteiger partial charge in [0.05, 0.1) is 12.3 Å². The molecule has 1 atom stereocenters. The number of hydrogen-bond donors (Lipinski definition) is 3. The quantitative estimate of drug-likeness (QED) is 0.127. The van der Waals surface area contributed by atoms with E-state index in [-0.39, 0.29) is 18.0 Å². The van der Waals surface area contributed by atoms with Crippen LogP contribution >= 0.6 is 0 Å². The van der Waals surface area contributed by atoms with Gasteiger partial charge in [0.2, 0.25) is 0 Å². The summed E-state index contributed by atoms with van der Waals surface area (Å²) in [5.41, 5.74) is 3.01. The SMILES string of the molecule is COCC1(C)NC(C(C)(C)O)=C(C(=O)O)N1c1ccc(-c2ccccc2-c2nnnn2C(c2ccccc2)(c2ccccc2)c2ccccc2)cc1. The number of tetrazole rings is 1. The fourth-order valence-electron chi connectivity index (χ4n) is 7.39. The predicted molar refractivity (Wildman–Crippen MR) is 200 cm³/mol. The zero-order valence-electron chi connectivity index (χ0n) is 29.4. The molecule has 52 heavy (non-hydrogen) atoms. The number of nitrogens with zero attached hydrogens (tertiary/aromatic N) is 5. The van der Waals surface area contributed by atoms with Gasteiger partial charge in [-0.3, -0.25) is 0 Å². The fourth-order valence-corrected chi connectivity index (χ4v) is 7.39. The minimum atomic E-state index is -1.44. The maximum atomic E-state index is 12.7. The highest BCUT2D eigenvalue weighted by atomic mass is 16.5. The van der Waals surface area contributed by atoms with E-state index in [1.54, 1.807) is 25.9 Å². The summed E-state index contributed by atoms with van der Waals surface area (Å²) in [7, 11) is 1.56. The summed E-state index contributed by atoms with van der Waals surface area (Å²) >= 11 is 0. The Hall–Kier alpha value is -6.10. The van der Waals surface area contributed by atoms with Crippen LogP contribution in [0.5, 0.6) is 0 Å². The van der Waals surface area contributed by atoms with Gasteiger partial charge in [0.15, 0.2) is 11.5 Å². The van der Waals surface area contributed by atoms with Gasteiger partial charge in [-0.2, -0.15) is 0 Å². The van der Waals surface area contributed by atoms with Gasteiger partial charge in [-0.05, 0) is 71.1 Å². The number of anilines is 1. The van der Waals surface area contributed by atoms with Gasteiger partial charge in [0.1, 0.15) is 16.8 Å². The second kappa shape index (κ2) is 13.6. The van der Waals surface area contributed by atoms with Crippen molar-refractivity contribution in [2.45, 2.75) is 37.6 Å². The van der Waals surface area contributed by atoms with Crippen LogP contribution in [0.2, 0.25) is 0 Å². The van der Waals surface area contributed by atoms with E-state index in [0.29, 0.717) is 11.5 Å². The van der Waals surface area contributed by atoms with Gasteiger partial charge < -0.3 is 25.2 Å². The number of benzene rings is 5. The van der Waals surface area contributed by atoms with Gasteiger partial charge in [0.25, 0.3) is 0 Å². The highest BCUT2D eigenvalue weighted by Crippen LogP contribution is 2.44. The highest BCUT2D eigenvalue weighted by molar-refractivity contribution is 5.94. The van der Waals surface area contributed by atoms with Gasteiger partial charge in [0, 0.05) is 18.4 Å². The molecule has 1 aliphatic heterocycles. The second-order valence-corrected chi connectivity index (χ2v) is 13.6. The molecule has 262 valence electrons. The Morgan fingerprint density at radius 1 is 0.769 bits per heavy atom. The van der Waals surface area contributed by atoms with Crippen LogP contribution in [0.3, 0.4) is 0 Å². The molecule has 0 saturated heterocycles. The van der Waals surface area contributed by atoms with E-state index in [1.165, 1.54) is 0 Å². The van der Waals surface area contributed by atoms with Crippen molar-refractivity contribution in [3.63, 3.8) is 0 Å². The van der Waals surface area contributed by atoms with Gasteiger partial charge in [-0.15, -0.1) is 5.10 Å². The van der Waals surface area contributed by atoms with E-state index >= 15 is 0 Å². The lowest BCUT2D eigenvalue weighted by molar-refractivity contribution is -0.133. The van der Waals surface area contributed by atoms with Gasteiger partial charge >= 0.3 is 5.97 Å². The van der Waals surface area contributed by atoms with Crippen molar-refractivity contribution in [2.75, 3.05) is 18.6 Å². The Morgan fingerprint density at radius 2 is 1.27 bits per heavy atom. The Labute approximate surface area is 302 Å². The zero-order valence-corrected chi connectivity index (χ0v) is 29.4. The molecule has 0 spiro atoms. The number of ether oxygens (including phenoxy) is 1. The van der Waals surface area contributed by atoms with Crippen molar-refractivity contribution in [3.8, 4) is 22.5 Å². The standard InChI is InChI=1S/C42H40N6O4/c1-40(2,51)37-36(39(49)50)47(41(3,43-37)28-52-4)33-26-24-29(25-27-33)34-22-14-15-23-35(34)38-44-45-46-48(38)42(30-16-8-5-9-17-30,31-18-10-6-11-19-31)32-20-12-7-13-21-32/h5-27,43,51H,28H2,1-4H3,(H,49,50). The molecule has 1 unspecified atom stereocenters. The summed E-state index contributed by atoms with van der Waals surface area (Å²) in [4.78, 5) is 14.4. The summed E-state index contributed by atoms with van der Waals surface area (Å²) in [5, 5.41) is 38.3. The molecule has 0 aliphatic carbocycles. The number of methoxy groups -OCH3 is 1. The van der Waals surface area contributed by atoms with E-state index in [9.17, 15) is 15.0 Å². The first kappa shape index (κ1) is 34.4. The fraction of sp³-hybridized carbons (Fsp3) is 0.190. The smallest absolute Gasteiger partial charge is 0.354 e. The first-order valence-corrected chi connectivity index (χ1v) is 17.0. The Balaban J connectivity index is 1.39. The predicted octanol–water partition coefficient (Wildman–Crippen LogP) is 6.69. The number of nitrogens with one attached hydrogen (secondary N) is 1. The molecule has 5 aromatic carbocycles. The van der Waals surface area contributed by atoms with Crippen LogP contribution in [0.15, 0.2) is 151 Å². The van der Waals surface area contributed by atoms with Gasteiger partial charge in [-0.25, -0.2) is 9.48 Å². The molecule has 10 heteroatoms. The second-order valence-electron chi connectivity index (χ2n) is 13.6. The molecular weight excluding hydrogens is 652 g/mol. The van der Waals surface area contributed by atoms with E-state index in [2.05, 4.69) is 52.0 Å². The van der Waals surface area contributed by atoms with Crippen molar-refractivity contribution >= 4 is 11.7 Å². The zero-order chi connectivity index (χ0) is 36.5. The maximum absolute atomic E-state index is 12.7. The molecule has 0 saturated carbocycles. The van der Waals surface area contributed by atoms with Crippen LogP contribution in [0.25, 0.3) is 22.5 Å². The molecule has 1 aliphatic rings. The largest absolute Gasteiger partial charge is 0.477 e. The number of aromatic nitrogens is 4. The number of aliphatic carboxylic acids is 1. The molecule has 6 aromatic rings. The van der Waals surface area contributed by atoms with Crippen LogP contribution in [-0.4, -0.2) is 61.4 Å². The Bertz CT molecular complexity index is 2120. The number of aliphatic hydroxyl groups is 1. The molecule has 0 fully saturated rings. The molecule has 0 bridgehead atoms. The maximum Gasteiger partial charge on any atom is 0.354 e. The molecule has 0 amide bonds. The Kier molecular flexibility index (Phi) is 8.95. The summed E-state index contributed by atoms with van der Waals surface area (Å²) in [6, 6.07) is 46.4. The van der Waals surface area contributed by atoms with E-state index in [1.807, 2.05) is 115 Å².